The summed E-state index contributed by atoms with van der Waals surface area (Å²) in [5, 5.41) is 0.580. The highest BCUT2D eigenvalue weighted by molar-refractivity contribution is 6.30. The van der Waals surface area contributed by atoms with Crippen LogP contribution in [0.2, 0.25) is 5.02 Å². The summed E-state index contributed by atoms with van der Waals surface area (Å²) in [6.45, 7) is 0.755. The largest absolute Gasteiger partial charge is 0.457 e. The Bertz CT molecular complexity index is 1320. The van der Waals surface area contributed by atoms with Crippen molar-refractivity contribution >= 4 is 23.4 Å². The molecule has 1 fully saturated rings. The molecule has 0 saturated carbocycles. The third-order valence-electron chi connectivity index (χ3n) is 6.73. The van der Waals surface area contributed by atoms with E-state index in [1.54, 1.807) is 28.0 Å². The number of benzene rings is 2. The predicted octanol–water partition coefficient (Wildman–Crippen LogP) is 4.85. The van der Waals surface area contributed by atoms with E-state index in [1.807, 2.05) is 42.5 Å². The molecule has 1 aliphatic carbocycles. The molecule has 0 aromatic heterocycles. The number of rotatable bonds is 3. The van der Waals surface area contributed by atoms with Crippen LogP contribution in [-0.4, -0.2) is 34.7 Å². The molecule has 3 aliphatic heterocycles. The monoisotopic (exact) mass is 472 g/mol. The summed E-state index contributed by atoms with van der Waals surface area (Å²) in [4.78, 5) is 30.6. The number of allylic oxidation sites excluding steroid dienone is 4. The van der Waals surface area contributed by atoms with Gasteiger partial charge in [-0.25, -0.2) is 0 Å². The number of halogens is 1. The number of fused-ring (bicyclic) bond motifs is 3. The molecule has 2 aromatic carbocycles. The predicted molar refractivity (Wildman–Crippen MR) is 126 cm³/mol. The Morgan fingerprint density at radius 1 is 1.00 bits per heavy atom. The van der Waals surface area contributed by atoms with E-state index in [0.717, 1.165) is 29.5 Å². The summed E-state index contributed by atoms with van der Waals surface area (Å²) in [6.07, 6.45) is 10.7. The highest BCUT2D eigenvalue weighted by Crippen LogP contribution is 2.50. The van der Waals surface area contributed by atoms with Crippen molar-refractivity contribution < 1.29 is 19.1 Å². The average Bonchev–Trinajstić information content (AvgIpc) is 3.40. The minimum Gasteiger partial charge on any atom is -0.457 e. The van der Waals surface area contributed by atoms with Crippen molar-refractivity contribution in [1.29, 1.82) is 0 Å². The zero-order valence-corrected chi connectivity index (χ0v) is 19.0. The summed E-state index contributed by atoms with van der Waals surface area (Å²) in [5.74, 6) is 0.213. The van der Waals surface area contributed by atoms with Crippen LogP contribution in [-0.2, 0) is 19.9 Å². The number of hydrogen-bond donors (Lipinski definition) is 0. The third-order valence-corrected chi connectivity index (χ3v) is 6.98. The van der Waals surface area contributed by atoms with E-state index in [4.69, 9.17) is 21.1 Å². The fourth-order valence-electron chi connectivity index (χ4n) is 5.21. The Balaban J connectivity index is 1.40. The van der Waals surface area contributed by atoms with Crippen molar-refractivity contribution in [2.75, 3.05) is 13.1 Å². The second kappa shape index (κ2) is 7.92. The number of carbonyl (C=O) groups is 2. The molecule has 3 heterocycles. The second-order valence-corrected chi connectivity index (χ2v) is 8.93. The normalized spacial score (nSPS) is 22.9. The lowest BCUT2D eigenvalue weighted by Gasteiger charge is -2.40. The Labute approximate surface area is 202 Å². The van der Waals surface area contributed by atoms with Gasteiger partial charge >= 0.3 is 0 Å². The summed E-state index contributed by atoms with van der Waals surface area (Å²) < 4.78 is 11.6. The van der Waals surface area contributed by atoms with Crippen LogP contribution in [0.4, 0.5) is 0 Å². The zero-order valence-electron chi connectivity index (χ0n) is 18.2. The van der Waals surface area contributed by atoms with Crippen molar-refractivity contribution in [3.63, 3.8) is 0 Å². The van der Waals surface area contributed by atoms with E-state index in [2.05, 4.69) is 6.08 Å². The van der Waals surface area contributed by atoms with Gasteiger partial charge in [0.2, 0.25) is 5.76 Å². The first kappa shape index (κ1) is 20.8. The molecule has 0 N–H and O–H groups in total. The number of nitrogens with zero attached hydrogens (tertiary/aromatic N) is 2. The van der Waals surface area contributed by atoms with E-state index >= 15 is 0 Å². The lowest BCUT2D eigenvalue weighted by Crippen LogP contribution is -2.52. The van der Waals surface area contributed by atoms with Crippen LogP contribution in [0, 0.1) is 0 Å². The molecule has 1 saturated heterocycles. The van der Waals surface area contributed by atoms with Crippen LogP contribution >= 0.6 is 11.6 Å². The molecule has 1 atom stereocenters. The Kier molecular flexibility index (Phi) is 4.85. The molecule has 6 rings (SSSR count). The molecular formula is C27H21ClN2O4. The van der Waals surface area contributed by atoms with Gasteiger partial charge in [-0.05, 0) is 36.6 Å². The molecule has 2 aromatic rings. The van der Waals surface area contributed by atoms with Gasteiger partial charge in [0.1, 0.15) is 12.5 Å². The van der Waals surface area contributed by atoms with Crippen molar-refractivity contribution in [2.24, 2.45) is 0 Å². The van der Waals surface area contributed by atoms with E-state index in [-0.39, 0.29) is 17.6 Å². The molecule has 0 bridgehead atoms. The molecule has 7 heteroatoms. The van der Waals surface area contributed by atoms with Crippen molar-refractivity contribution in [1.82, 2.24) is 9.80 Å². The van der Waals surface area contributed by atoms with Crippen LogP contribution in [0.5, 0.6) is 0 Å². The Hall–Kier alpha value is -3.77. The molecule has 4 aliphatic rings. The van der Waals surface area contributed by atoms with E-state index in [1.165, 1.54) is 12.5 Å². The molecule has 6 nitrogen and oxygen atoms in total. The fraction of sp³-hybridized carbons (Fsp3) is 0.185. The number of amides is 2. The van der Waals surface area contributed by atoms with Crippen LogP contribution < -0.4 is 0 Å². The molecule has 2 amide bonds. The van der Waals surface area contributed by atoms with Crippen molar-refractivity contribution in [2.45, 2.75) is 18.5 Å². The molecule has 1 unspecified atom stereocenters. The molecule has 170 valence electrons. The first-order chi connectivity index (χ1) is 16.6. The quantitative estimate of drug-likeness (QED) is 0.641. The van der Waals surface area contributed by atoms with Gasteiger partial charge < -0.3 is 19.3 Å². The van der Waals surface area contributed by atoms with Crippen LogP contribution in [0.25, 0.3) is 0 Å². The first-order valence-electron chi connectivity index (χ1n) is 11.2. The Morgan fingerprint density at radius 2 is 1.82 bits per heavy atom. The topological polar surface area (TPSA) is 59.1 Å². The van der Waals surface area contributed by atoms with Gasteiger partial charge in [-0.3, -0.25) is 9.59 Å². The average molecular weight is 473 g/mol. The molecule has 0 spiro atoms. The standard InChI is InChI=1S/C27H21ClN2O4/c28-20-12-10-19(11-13-20)27-22-9-5-4-8-21(22)25(31)29(27)14-15-30(27)26(32)24-17-33-23(16-34-24)18-6-2-1-3-7-18/h1-2,4-6,8-13,16-17H,3,7,14-15H2. The highest BCUT2D eigenvalue weighted by Gasteiger charge is 2.60. The van der Waals surface area contributed by atoms with Crippen LogP contribution in [0.15, 0.2) is 96.4 Å². The van der Waals surface area contributed by atoms with Gasteiger partial charge in [-0.15, -0.1) is 0 Å². The first-order valence-corrected chi connectivity index (χ1v) is 11.6. The third kappa shape index (κ3) is 2.95. The fourth-order valence-corrected chi connectivity index (χ4v) is 5.33. The van der Waals surface area contributed by atoms with Crippen LogP contribution in [0.1, 0.15) is 34.3 Å². The van der Waals surface area contributed by atoms with Crippen LogP contribution in [0.3, 0.4) is 0 Å². The highest BCUT2D eigenvalue weighted by atomic mass is 35.5. The van der Waals surface area contributed by atoms with Gasteiger partial charge in [0.25, 0.3) is 11.8 Å². The van der Waals surface area contributed by atoms with Gasteiger partial charge in [-0.1, -0.05) is 60.2 Å². The van der Waals surface area contributed by atoms with Gasteiger partial charge in [0.05, 0.1) is 0 Å². The smallest absolute Gasteiger partial charge is 0.295 e. The SMILES string of the molecule is O=C(C1=COC(C2=CC=CCC2)=CO1)N1CCN2C(=O)c3ccccc3C12c1ccc(Cl)cc1. The minimum absolute atomic E-state index is 0.0720. The minimum atomic E-state index is -1.08. The lowest BCUT2D eigenvalue weighted by molar-refractivity contribution is -0.135. The number of ether oxygens (including phenoxy) is 2. The van der Waals surface area contributed by atoms with Gasteiger partial charge in [-0.2, -0.15) is 0 Å². The maximum atomic E-state index is 13.8. The summed E-state index contributed by atoms with van der Waals surface area (Å²) >= 11 is 6.16. The molecular weight excluding hydrogens is 452 g/mol. The van der Waals surface area contributed by atoms with E-state index in [9.17, 15) is 9.59 Å². The second-order valence-electron chi connectivity index (χ2n) is 8.50. The summed E-state index contributed by atoms with van der Waals surface area (Å²) in [6, 6.07) is 14.7. The zero-order chi connectivity index (χ0) is 23.3. The number of hydrogen-bond acceptors (Lipinski definition) is 4. The van der Waals surface area contributed by atoms with Crippen molar-refractivity contribution in [3.05, 3.63) is 118 Å². The van der Waals surface area contributed by atoms with E-state index in [0.29, 0.717) is 29.4 Å². The Morgan fingerprint density at radius 3 is 2.56 bits per heavy atom. The maximum Gasteiger partial charge on any atom is 0.295 e. The van der Waals surface area contributed by atoms with Crippen molar-refractivity contribution in [3.8, 4) is 0 Å². The van der Waals surface area contributed by atoms with E-state index < -0.39 is 5.66 Å². The van der Waals surface area contributed by atoms with Gasteiger partial charge in [0.15, 0.2) is 11.4 Å². The summed E-state index contributed by atoms with van der Waals surface area (Å²) in [7, 11) is 0. The lowest BCUT2D eigenvalue weighted by atomic mass is 9.89. The summed E-state index contributed by atoms with van der Waals surface area (Å²) in [5.41, 5.74) is 2.07. The number of carbonyl (C=O) groups excluding carboxylic acids is 2. The molecule has 34 heavy (non-hydrogen) atoms. The van der Waals surface area contributed by atoms with Gasteiger partial charge in [0, 0.05) is 34.8 Å². The molecule has 0 radical (unpaired) electrons. The maximum absolute atomic E-state index is 13.8.